The Morgan fingerprint density at radius 1 is 1.38 bits per heavy atom. The minimum Gasteiger partial charge on any atom is -0.425 e. The van der Waals surface area contributed by atoms with Crippen LogP contribution < -0.4 is 4.74 Å². The minimum absolute atomic E-state index is 0.536. The van der Waals surface area contributed by atoms with Gasteiger partial charge in [-0.1, -0.05) is 29.5 Å². The number of hydrogen-bond donors (Lipinski definition) is 0. The number of hydrogen-bond acceptors (Lipinski definition) is 3. The van der Waals surface area contributed by atoms with Gasteiger partial charge in [0.1, 0.15) is 0 Å². The molecule has 0 aliphatic rings. The normalized spacial score (nSPS) is 10.2. The summed E-state index contributed by atoms with van der Waals surface area (Å²) in [5, 5.41) is 1.59. The first-order valence-electron chi connectivity index (χ1n) is 3.71. The molecule has 2 rings (SSSR count). The fourth-order valence-corrected chi connectivity index (χ4v) is 2.02. The summed E-state index contributed by atoms with van der Waals surface area (Å²) in [7, 11) is 4.89. The summed E-state index contributed by atoms with van der Waals surface area (Å²) >= 11 is 1.40. The third-order valence-corrected chi connectivity index (χ3v) is 2.60. The second-order valence-corrected chi connectivity index (χ2v) is 3.57. The van der Waals surface area contributed by atoms with Gasteiger partial charge in [-0.05, 0) is 11.5 Å². The van der Waals surface area contributed by atoms with Gasteiger partial charge in [0.15, 0.2) is 5.06 Å². The molecule has 2 aromatic rings. The second kappa shape index (κ2) is 3.22. The number of ether oxygens (including phenoxy) is 1. The number of thiophene rings is 1. The molecule has 0 aliphatic carbocycles. The third-order valence-electron chi connectivity index (χ3n) is 1.60. The summed E-state index contributed by atoms with van der Waals surface area (Å²) in [6.07, 6.45) is 0. The highest BCUT2D eigenvalue weighted by Gasteiger charge is 2.02. The zero-order chi connectivity index (χ0) is 9.26. The third kappa shape index (κ3) is 1.73. The Hall–Kier alpha value is -1.29. The van der Waals surface area contributed by atoms with Gasteiger partial charge < -0.3 is 4.74 Å². The van der Waals surface area contributed by atoms with Crippen LogP contribution in [-0.4, -0.2) is 13.7 Å². The maximum atomic E-state index is 10.5. The van der Waals surface area contributed by atoms with Gasteiger partial charge in [0.05, 0.1) is 0 Å². The number of fused-ring (bicyclic) bond motifs is 1. The van der Waals surface area contributed by atoms with Gasteiger partial charge in [-0.3, -0.25) is 4.79 Å². The van der Waals surface area contributed by atoms with Gasteiger partial charge in [-0.2, -0.15) is 0 Å². The van der Waals surface area contributed by atoms with Crippen molar-refractivity contribution < 1.29 is 9.53 Å². The Kier molecular flexibility index (Phi) is 2.06. The fraction of sp³-hybridized carbons (Fsp3) is 0. The molecule has 1 heterocycles. The molecule has 2 nitrogen and oxygen atoms in total. The number of benzene rings is 1. The standard InChI is InChI=1S/C9H5BO2S/c10-9(11)12-8-5-6-3-1-2-4-7(6)13-8/h1-5H. The van der Waals surface area contributed by atoms with E-state index in [1.165, 1.54) is 11.3 Å². The van der Waals surface area contributed by atoms with E-state index in [1.807, 2.05) is 24.3 Å². The molecule has 1 aromatic carbocycles. The van der Waals surface area contributed by atoms with Crippen LogP contribution in [0.2, 0.25) is 0 Å². The molecule has 0 unspecified atom stereocenters. The molecule has 0 bridgehead atoms. The fourth-order valence-electron chi connectivity index (χ4n) is 1.11. The van der Waals surface area contributed by atoms with Gasteiger partial charge in [0, 0.05) is 10.8 Å². The number of rotatable bonds is 1. The summed E-state index contributed by atoms with van der Waals surface area (Å²) in [4.78, 5) is 10.5. The zero-order valence-corrected chi connectivity index (χ0v) is 7.51. The first-order chi connectivity index (χ1) is 6.25. The molecule has 0 spiro atoms. The summed E-state index contributed by atoms with van der Waals surface area (Å²) in [6.45, 7) is 0. The van der Waals surface area contributed by atoms with Crippen molar-refractivity contribution in [1.82, 2.24) is 0 Å². The van der Waals surface area contributed by atoms with E-state index in [4.69, 9.17) is 12.6 Å². The van der Waals surface area contributed by atoms with Crippen LogP contribution in [0, 0.1) is 0 Å². The first-order valence-corrected chi connectivity index (χ1v) is 4.53. The second-order valence-electron chi connectivity index (χ2n) is 2.52. The Morgan fingerprint density at radius 2 is 2.15 bits per heavy atom. The van der Waals surface area contributed by atoms with Gasteiger partial charge in [0.2, 0.25) is 13.7 Å². The molecule has 0 amide bonds. The molecule has 1 aromatic heterocycles. The summed E-state index contributed by atoms with van der Waals surface area (Å²) in [5.74, 6) is -0.772. The molecule has 0 fully saturated rings. The smallest absolute Gasteiger partial charge is 0.242 e. The van der Waals surface area contributed by atoms with Crippen molar-refractivity contribution >= 4 is 35.1 Å². The number of carbonyl (C=O) groups is 1. The van der Waals surface area contributed by atoms with Gasteiger partial charge in [0.25, 0.3) is 0 Å². The van der Waals surface area contributed by atoms with Crippen LogP contribution in [0.25, 0.3) is 10.1 Å². The Bertz CT molecular complexity index is 417. The van der Waals surface area contributed by atoms with Crippen LogP contribution in [0.15, 0.2) is 30.3 Å². The topological polar surface area (TPSA) is 26.3 Å². The Labute approximate surface area is 80.5 Å². The van der Waals surface area contributed by atoms with E-state index < -0.39 is 5.87 Å². The van der Waals surface area contributed by atoms with Crippen molar-refractivity contribution in [2.75, 3.05) is 0 Å². The van der Waals surface area contributed by atoms with E-state index in [0.717, 1.165) is 10.1 Å². The Balaban J connectivity index is 2.44. The highest BCUT2D eigenvalue weighted by molar-refractivity contribution is 7.20. The molecule has 0 saturated carbocycles. The predicted molar refractivity (Wildman–Crippen MR) is 53.6 cm³/mol. The highest BCUT2D eigenvalue weighted by atomic mass is 32.1. The van der Waals surface area contributed by atoms with Crippen molar-refractivity contribution in [2.24, 2.45) is 0 Å². The average molecular weight is 188 g/mol. The molecule has 4 heteroatoms. The van der Waals surface area contributed by atoms with Gasteiger partial charge in [-0.25, -0.2) is 0 Å². The molecule has 2 radical (unpaired) electrons. The van der Waals surface area contributed by atoms with E-state index in [-0.39, 0.29) is 0 Å². The van der Waals surface area contributed by atoms with Crippen LogP contribution in [0.3, 0.4) is 0 Å². The molecule has 0 N–H and O–H groups in total. The van der Waals surface area contributed by atoms with Crippen molar-refractivity contribution in [3.05, 3.63) is 30.3 Å². The maximum absolute atomic E-state index is 10.5. The molecule has 62 valence electrons. The van der Waals surface area contributed by atoms with Gasteiger partial charge >= 0.3 is 0 Å². The lowest BCUT2D eigenvalue weighted by molar-refractivity contribution is 0.227. The van der Waals surface area contributed by atoms with Gasteiger partial charge in [-0.15, -0.1) is 0 Å². The van der Waals surface area contributed by atoms with Crippen LogP contribution >= 0.6 is 11.3 Å². The SMILES string of the molecule is [B]C(=O)Oc1cc2ccccc2s1. The van der Waals surface area contributed by atoms with Crippen molar-refractivity contribution in [3.8, 4) is 5.06 Å². The van der Waals surface area contributed by atoms with E-state index in [2.05, 4.69) is 0 Å². The average Bonchev–Trinajstić information content (AvgIpc) is 2.44. The van der Waals surface area contributed by atoms with Crippen molar-refractivity contribution in [2.45, 2.75) is 0 Å². The maximum Gasteiger partial charge on any atom is 0.242 e. The minimum atomic E-state index is -0.772. The van der Waals surface area contributed by atoms with E-state index in [0.29, 0.717) is 5.06 Å². The monoisotopic (exact) mass is 188 g/mol. The van der Waals surface area contributed by atoms with E-state index in [9.17, 15) is 4.79 Å². The quantitative estimate of drug-likeness (QED) is 0.642. The molecule has 0 atom stereocenters. The predicted octanol–water partition coefficient (Wildman–Crippen LogP) is 2.57. The van der Waals surface area contributed by atoms with Crippen LogP contribution in [-0.2, 0) is 0 Å². The largest absolute Gasteiger partial charge is 0.425 e. The van der Waals surface area contributed by atoms with Crippen LogP contribution in [0.1, 0.15) is 0 Å². The van der Waals surface area contributed by atoms with E-state index in [1.54, 1.807) is 6.07 Å². The molecule has 0 saturated heterocycles. The summed E-state index contributed by atoms with van der Waals surface area (Å²) in [6, 6.07) is 9.59. The lowest BCUT2D eigenvalue weighted by atomic mass is 10.2. The lowest BCUT2D eigenvalue weighted by Gasteiger charge is -1.92. The Morgan fingerprint density at radius 3 is 2.85 bits per heavy atom. The van der Waals surface area contributed by atoms with E-state index >= 15 is 0 Å². The zero-order valence-electron chi connectivity index (χ0n) is 6.69. The van der Waals surface area contributed by atoms with Crippen LogP contribution in [0.5, 0.6) is 5.06 Å². The lowest BCUT2D eigenvalue weighted by Crippen LogP contribution is -2.01. The first kappa shape index (κ1) is 8.32. The number of carbonyl (C=O) groups excluding carboxylic acids is 1. The summed E-state index contributed by atoms with van der Waals surface area (Å²) < 4.78 is 5.84. The van der Waals surface area contributed by atoms with Crippen molar-refractivity contribution in [1.29, 1.82) is 0 Å². The molecular weight excluding hydrogens is 183 g/mol. The molecular formula is C9H5BO2S. The molecule has 13 heavy (non-hydrogen) atoms. The summed E-state index contributed by atoms with van der Waals surface area (Å²) in [5.41, 5.74) is 0. The molecule has 0 aliphatic heterocycles. The van der Waals surface area contributed by atoms with Crippen molar-refractivity contribution in [3.63, 3.8) is 0 Å². The van der Waals surface area contributed by atoms with Crippen LogP contribution in [0.4, 0.5) is 4.79 Å². The highest BCUT2D eigenvalue weighted by Crippen LogP contribution is 2.31.